The quantitative estimate of drug-likeness (QED) is 0.851. The average Bonchev–Trinajstić information content (AvgIpc) is 2.80. The molecule has 88 valence electrons. The second-order valence-corrected chi connectivity index (χ2v) is 5.72. The standard InChI is InChI=1S/C11H11N3O2S/c15-17(16,9-6-12-13-7-9)14-11-5-8-3-1-2-4-10(8)11/h1-4,6-7,11,14H,5H2,(H,12,13). The first-order chi connectivity index (χ1) is 8.17. The lowest BCUT2D eigenvalue weighted by Crippen LogP contribution is -2.35. The molecular weight excluding hydrogens is 238 g/mol. The van der Waals surface area contributed by atoms with Crippen LogP contribution in [0.3, 0.4) is 0 Å². The van der Waals surface area contributed by atoms with Crippen LogP contribution in [-0.4, -0.2) is 18.6 Å². The van der Waals surface area contributed by atoms with Crippen molar-refractivity contribution in [2.45, 2.75) is 17.4 Å². The van der Waals surface area contributed by atoms with E-state index in [9.17, 15) is 8.42 Å². The second kappa shape index (κ2) is 3.68. The van der Waals surface area contributed by atoms with Gasteiger partial charge in [0, 0.05) is 6.20 Å². The van der Waals surface area contributed by atoms with Gasteiger partial charge in [0.2, 0.25) is 10.0 Å². The summed E-state index contributed by atoms with van der Waals surface area (Å²) >= 11 is 0. The molecule has 1 aliphatic carbocycles. The fraction of sp³-hybridized carbons (Fsp3) is 0.182. The molecule has 0 aliphatic heterocycles. The van der Waals surface area contributed by atoms with Gasteiger partial charge in [0.15, 0.2) is 0 Å². The van der Waals surface area contributed by atoms with E-state index in [4.69, 9.17) is 0 Å². The summed E-state index contributed by atoms with van der Waals surface area (Å²) in [5.74, 6) is 0. The van der Waals surface area contributed by atoms with Gasteiger partial charge < -0.3 is 0 Å². The summed E-state index contributed by atoms with van der Waals surface area (Å²) in [7, 11) is -3.46. The van der Waals surface area contributed by atoms with Gasteiger partial charge in [-0.15, -0.1) is 0 Å². The van der Waals surface area contributed by atoms with E-state index >= 15 is 0 Å². The fourth-order valence-electron chi connectivity index (χ4n) is 2.01. The highest BCUT2D eigenvalue weighted by atomic mass is 32.2. The van der Waals surface area contributed by atoms with Crippen molar-refractivity contribution in [1.82, 2.24) is 14.9 Å². The van der Waals surface area contributed by atoms with Crippen molar-refractivity contribution in [3.8, 4) is 0 Å². The number of benzene rings is 1. The zero-order valence-corrected chi connectivity index (χ0v) is 9.74. The first-order valence-corrected chi connectivity index (χ1v) is 6.74. The summed E-state index contributed by atoms with van der Waals surface area (Å²) in [4.78, 5) is 0.168. The highest BCUT2D eigenvalue weighted by Crippen LogP contribution is 2.33. The van der Waals surface area contributed by atoms with Gasteiger partial charge in [-0.25, -0.2) is 13.1 Å². The van der Waals surface area contributed by atoms with Crippen molar-refractivity contribution in [2.75, 3.05) is 0 Å². The third-order valence-corrected chi connectivity index (χ3v) is 4.37. The maximum atomic E-state index is 11.9. The van der Waals surface area contributed by atoms with Crippen molar-refractivity contribution in [3.05, 3.63) is 47.8 Å². The summed E-state index contributed by atoms with van der Waals surface area (Å²) in [5, 5.41) is 6.13. The van der Waals surface area contributed by atoms with Crippen molar-refractivity contribution >= 4 is 10.0 Å². The number of fused-ring (bicyclic) bond motifs is 1. The molecule has 1 heterocycles. The minimum absolute atomic E-state index is 0.119. The van der Waals surface area contributed by atoms with E-state index in [1.54, 1.807) is 0 Å². The Kier molecular flexibility index (Phi) is 2.27. The summed E-state index contributed by atoms with van der Waals surface area (Å²) in [6, 6.07) is 7.71. The molecule has 17 heavy (non-hydrogen) atoms. The lowest BCUT2D eigenvalue weighted by molar-refractivity contribution is 0.530. The molecule has 0 radical (unpaired) electrons. The van der Waals surface area contributed by atoms with Crippen LogP contribution in [0.1, 0.15) is 17.2 Å². The lowest BCUT2D eigenvalue weighted by atomic mass is 9.84. The van der Waals surface area contributed by atoms with E-state index in [1.807, 2.05) is 24.3 Å². The van der Waals surface area contributed by atoms with Crippen LogP contribution in [0.15, 0.2) is 41.6 Å². The number of H-pyrrole nitrogens is 1. The normalized spacial score (nSPS) is 18.5. The molecule has 3 rings (SSSR count). The molecule has 0 spiro atoms. The fourth-order valence-corrected chi connectivity index (χ4v) is 3.13. The molecule has 0 bridgehead atoms. The topological polar surface area (TPSA) is 74.8 Å². The molecule has 0 saturated heterocycles. The summed E-state index contributed by atoms with van der Waals surface area (Å²) in [6.45, 7) is 0. The minimum atomic E-state index is -3.46. The average molecular weight is 249 g/mol. The molecule has 1 atom stereocenters. The number of sulfonamides is 1. The highest BCUT2D eigenvalue weighted by Gasteiger charge is 2.30. The zero-order valence-electron chi connectivity index (χ0n) is 8.92. The Bertz CT molecular complexity index is 634. The first-order valence-electron chi connectivity index (χ1n) is 5.26. The zero-order chi connectivity index (χ0) is 11.9. The summed E-state index contributed by atoms with van der Waals surface area (Å²) in [6.07, 6.45) is 3.41. The highest BCUT2D eigenvalue weighted by molar-refractivity contribution is 7.89. The van der Waals surface area contributed by atoms with Gasteiger partial charge in [-0.2, -0.15) is 5.10 Å². The molecule has 0 fully saturated rings. The first kappa shape index (κ1) is 10.5. The molecule has 6 heteroatoms. The van der Waals surface area contributed by atoms with Crippen LogP contribution in [-0.2, 0) is 16.4 Å². The van der Waals surface area contributed by atoms with E-state index in [0.717, 1.165) is 12.0 Å². The van der Waals surface area contributed by atoms with Crippen LogP contribution in [0.4, 0.5) is 0 Å². The lowest BCUT2D eigenvalue weighted by Gasteiger charge is -2.30. The van der Waals surface area contributed by atoms with E-state index < -0.39 is 10.0 Å². The van der Waals surface area contributed by atoms with Gasteiger partial charge >= 0.3 is 0 Å². The van der Waals surface area contributed by atoms with Crippen LogP contribution < -0.4 is 4.72 Å². The van der Waals surface area contributed by atoms with Crippen LogP contribution in [0.5, 0.6) is 0 Å². The Labute approximate surface area is 98.9 Å². The molecule has 1 aromatic heterocycles. The monoisotopic (exact) mass is 249 g/mol. The molecule has 1 aromatic carbocycles. The largest absolute Gasteiger partial charge is 0.284 e. The third kappa shape index (κ3) is 1.75. The number of hydrogen-bond donors (Lipinski definition) is 2. The Balaban J connectivity index is 1.83. The van der Waals surface area contributed by atoms with Gasteiger partial charge in [-0.05, 0) is 17.5 Å². The van der Waals surface area contributed by atoms with Crippen molar-refractivity contribution in [3.63, 3.8) is 0 Å². The number of nitrogens with one attached hydrogen (secondary N) is 2. The van der Waals surface area contributed by atoms with Gasteiger partial charge in [-0.3, -0.25) is 5.10 Å². The molecule has 2 aromatic rings. The van der Waals surface area contributed by atoms with Crippen LogP contribution in [0.25, 0.3) is 0 Å². The molecule has 0 saturated carbocycles. The van der Waals surface area contributed by atoms with Crippen molar-refractivity contribution < 1.29 is 8.42 Å². The molecule has 2 N–H and O–H groups in total. The van der Waals surface area contributed by atoms with Gasteiger partial charge in [0.05, 0.1) is 12.2 Å². The van der Waals surface area contributed by atoms with Crippen molar-refractivity contribution in [2.24, 2.45) is 0 Å². The Morgan fingerprint density at radius 2 is 2.18 bits per heavy atom. The number of aromatic nitrogens is 2. The van der Waals surface area contributed by atoms with E-state index in [2.05, 4.69) is 14.9 Å². The van der Waals surface area contributed by atoms with E-state index in [1.165, 1.54) is 18.0 Å². The number of rotatable bonds is 3. The molecule has 1 unspecified atom stereocenters. The summed E-state index contributed by atoms with van der Waals surface area (Å²) in [5.41, 5.74) is 2.26. The van der Waals surface area contributed by atoms with E-state index in [0.29, 0.717) is 0 Å². The second-order valence-electron chi connectivity index (χ2n) is 4.01. The maximum Gasteiger partial charge on any atom is 0.244 e. The van der Waals surface area contributed by atoms with Crippen LogP contribution >= 0.6 is 0 Å². The molecule has 0 amide bonds. The summed E-state index contributed by atoms with van der Waals surface area (Å²) < 4.78 is 26.5. The van der Waals surface area contributed by atoms with Gasteiger partial charge in [-0.1, -0.05) is 24.3 Å². The number of nitrogens with zero attached hydrogens (tertiary/aromatic N) is 1. The molecule has 1 aliphatic rings. The third-order valence-electron chi connectivity index (χ3n) is 2.94. The number of aromatic amines is 1. The molecule has 5 nitrogen and oxygen atoms in total. The van der Waals surface area contributed by atoms with Gasteiger partial charge in [0.1, 0.15) is 4.90 Å². The van der Waals surface area contributed by atoms with E-state index in [-0.39, 0.29) is 10.9 Å². The smallest absolute Gasteiger partial charge is 0.244 e. The maximum absolute atomic E-state index is 11.9. The number of hydrogen-bond acceptors (Lipinski definition) is 3. The Hall–Kier alpha value is -1.66. The van der Waals surface area contributed by atoms with Crippen molar-refractivity contribution in [1.29, 1.82) is 0 Å². The predicted molar refractivity (Wildman–Crippen MR) is 61.8 cm³/mol. The van der Waals surface area contributed by atoms with Crippen LogP contribution in [0.2, 0.25) is 0 Å². The Morgan fingerprint density at radius 3 is 2.88 bits per heavy atom. The molecular formula is C11H11N3O2S. The van der Waals surface area contributed by atoms with Crippen LogP contribution in [0, 0.1) is 0 Å². The minimum Gasteiger partial charge on any atom is -0.284 e. The Morgan fingerprint density at radius 1 is 1.35 bits per heavy atom. The predicted octanol–water partition coefficient (Wildman–Crippen LogP) is 0.985. The SMILES string of the molecule is O=S(=O)(NC1Cc2ccccc21)c1cn[nH]c1. The van der Waals surface area contributed by atoms with Gasteiger partial charge in [0.25, 0.3) is 0 Å².